The summed E-state index contributed by atoms with van der Waals surface area (Å²) in [4.78, 5) is 19.0. The number of nitrogen functional groups attached to an aromatic ring is 1. The number of rotatable bonds is 4. The number of amides is 1. The fourth-order valence-corrected chi connectivity index (χ4v) is 3.07. The number of likely N-dealkylation sites (tertiary alicyclic amines) is 1. The number of nitrogens with two attached hydrogens (primary N) is 1. The molecule has 1 aliphatic rings. The first-order valence-electron chi connectivity index (χ1n) is 8.40. The molecule has 1 aliphatic heterocycles. The van der Waals surface area contributed by atoms with E-state index in [1.807, 2.05) is 37.3 Å². The lowest BCUT2D eigenvalue weighted by atomic mass is 9.95. The van der Waals surface area contributed by atoms with Gasteiger partial charge in [0.25, 0.3) is 0 Å². The summed E-state index contributed by atoms with van der Waals surface area (Å²) >= 11 is 0. The molecule has 0 radical (unpaired) electrons. The molecule has 0 atom stereocenters. The number of nitrogens with zero attached hydrogens (tertiary/aromatic N) is 2. The van der Waals surface area contributed by atoms with Crippen LogP contribution in [-0.2, 0) is 11.3 Å². The number of hydrogen-bond acceptors (Lipinski definition) is 4. The topological polar surface area (TPSA) is 71.2 Å². The van der Waals surface area contributed by atoms with E-state index in [0.29, 0.717) is 5.82 Å². The number of benzene rings is 1. The Balaban J connectivity index is 1.49. The van der Waals surface area contributed by atoms with Gasteiger partial charge in [0.2, 0.25) is 5.91 Å². The van der Waals surface area contributed by atoms with E-state index >= 15 is 0 Å². The smallest absolute Gasteiger partial charge is 0.228 e. The minimum absolute atomic E-state index is 0.0604. The third-order valence-corrected chi connectivity index (χ3v) is 4.48. The standard InChI is InChI=1S/C19H24N4O/c1-14-5-6-18(21-12-14)22-19(24)16-7-9-23(10-8-16)13-15-3-2-4-17(20)11-15/h2-6,11-12,16H,7-10,13,20H2,1H3,(H,21,22,24). The van der Waals surface area contributed by atoms with E-state index in [0.717, 1.165) is 43.7 Å². The summed E-state index contributed by atoms with van der Waals surface area (Å²) in [5.74, 6) is 0.771. The number of nitrogens with one attached hydrogen (secondary N) is 1. The van der Waals surface area contributed by atoms with Crippen LogP contribution < -0.4 is 11.1 Å². The van der Waals surface area contributed by atoms with Gasteiger partial charge in [-0.3, -0.25) is 9.69 Å². The van der Waals surface area contributed by atoms with E-state index in [1.54, 1.807) is 6.20 Å². The molecule has 0 unspecified atom stereocenters. The van der Waals surface area contributed by atoms with E-state index in [4.69, 9.17) is 5.73 Å². The van der Waals surface area contributed by atoms with Gasteiger partial charge in [0, 0.05) is 24.3 Å². The van der Waals surface area contributed by atoms with E-state index in [1.165, 1.54) is 5.56 Å². The first kappa shape index (κ1) is 16.5. The summed E-state index contributed by atoms with van der Waals surface area (Å²) in [6.07, 6.45) is 3.52. The minimum Gasteiger partial charge on any atom is -0.399 e. The fourth-order valence-electron chi connectivity index (χ4n) is 3.07. The first-order valence-corrected chi connectivity index (χ1v) is 8.40. The molecule has 3 rings (SSSR count). The highest BCUT2D eigenvalue weighted by atomic mass is 16.1. The predicted molar refractivity (Wildman–Crippen MR) is 96.5 cm³/mol. The molecule has 0 bridgehead atoms. The summed E-state index contributed by atoms with van der Waals surface area (Å²) in [6, 6.07) is 11.8. The number of hydrogen-bond donors (Lipinski definition) is 2. The van der Waals surface area contributed by atoms with Gasteiger partial charge in [-0.25, -0.2) is 4.98 Å². The summed E-state index contributed by atoms with van der Waals surface area (Å²) < 4.78 is 0. The van der Waals surface area contributed by atoms with Crippen molar-refractivity contribution in [3.63, 3.8) is 0 Å². The van der Waals surface area contributed by atoms with Crippen molar-refractivity contribution in [1.29, 1.82) is 0 Å². The van der Waals surface area contributed by atoms with Crippen molar-refractivity contribution < 1.29 is 4.79 Å². The number of aryl methyl sites for hydroxylation is 1. The molecule has 0 spiro atoms. The van der Waals surface area contributed by atoms with Crippen LogP contribution in [0.15, 0.2) is 42.6 Å². The Morgan fingerprint density at radius 3 is 2.75 bits per heavy atom. The Labute approximate surface area is 142 Å². The van der Waals surface area contributed by atoms with Gasteiger partial charge in [0.15, 0.2) is 0 Å². The third kappa shape index (κ3) is 4.32. The zero-order chi connectivity index (χ0) is 16.9. The van der Waals surface area contributed by atoms with Crippen LogP contribution in [0.5, 0.6) is 0 Å². The number of anilines is 2. The molecule has 2 aromatic rings. The fraction of sp³-hybridized carbons (Fsp3) is 0.368. The molecule has 5 nitrogen and oxygen atoms in total. The van der Waals surface area contributed by atoms with Gasteiger partial charge < -0.3 is 11.1 Å². The van der Waals surface area contributed by atoms with Crippen LogP contribution in [0.25, 0.3) is 0 Å². The maximum absolute atomic E-state index is 12.4. The maximum atomic E-state index is 12.4. The number of carbonyl (C=O) groups is 1. The highest BCUT2D eigenvalue weighted by Gasteiger charge is 2.25. The molecular formula is C19H24N4O. The van der Waals surface area contributed by atoms with Gasteiger partial charge in [-0.2, -0.15) is 0 Å². The van der Waals surface area contributed by atoms with E-state index < -0.39 is 0 Å². The van der Waals surface area contributed by atoms with Crippen molar-refractivity contribution in [3.05, 3.63) is 53.7 Å². The second-order valence-corrected chi connectivity index (χ2v) is 6.51. The largest absolute Gasteiger partial charge is 0.399 e. The van der Waals surface area contributed by atoms with Crippen LogP contribution in [0.2, 0.25) is 0 Å². The lowest BCUT2D eigenvalue weighted by Crippen LogP contribution is -2.37. The van der Waals surface area contributed by atoms with Gasteiger partial charge in [-0.15, -0.1) is 0 Å². The Morgan fingerprint density at radius 1 is 1.29 bits per heavy atom. The molecule has 1 aromatic heterocycles. The highest BCUT2D eigenvalue weighted by molar-refractivity contribution is 5.91. The number of piperidine rings is 1. The molecule has 1 fully saturated rings. The van der Waals surface area contributed by atoms with Gasteiger partial charge in [-0.05, 0) is 62.2 Å². The minimum atomic E-state index is 0.0604. The molecule has 126 valence electrons. The molecule has 0 saturated carbocycles. The normalized spacial score (nSPS) is 16.0. The van der Waals surface area contributed by atoms with Crippen LogP contribution in [0.3, 0.4) is 0 Å². The summed E-state index contributed by atoms with van der Waals surface area (Å²) in [6.45, 7) is 4.72. The van der Waals surface area contributed by atoms with Gasteiger partial charge in [0.05, 0.1) is 0 Å². The van der Waals surface area contributed by atoms with Gasteiger partial charge in [0.1, 0.15) is 5.82 Å². The van der Waals surface area contributed by atoms with Crippen molar-refractivity contribution in [2.75, 3.05) is 24.1 Å². The quantitative estimate of drug-likeness (QED) is 0.848. The van der Waals surface area contributed by atoms with Gasteiger partial charge >= 0.3 is 0 Å². The lowest BCUT2D eigenvalue weighted by Gasteiger charge is -2.31. The molecule has 0 aliphatic carbocycles. The lowest BCUT2D eigenvalue weighted by molar-refractivity contribution is -0.121. The van der Waals surface area contributed by atoms with Crippen LogP contribution in [0, 0.1) is 12.8 Å². The molecule has 5 heteroatoms. The summed E-state index contributed by atoms with van der Waals surface area (Å²) in [5.41, 5.74) is 8.94. The summed E-state index contributed by atoms with van der Waals surface area (Å²) in [7, 11) is 0. The van der Waals surface area contributed by atoms with Crippen LogP contribution in [0.4, 0.5) is 11.5 Å². The highest BCUT2D eigenvalue weighted by Crippen LogP contribution is 2.21. The van der Waals surface area contributed by atoms with Crippen molar-refractivity contribution in [1.82, 2.24) is 9.88 Å². The maximum Gasteiger partial charge on any atom is 0.228 e. The Bertz CT molecular complexity index is 691. The zero-order valence-corrected chi connectivity index (χ0v) is 14.0. The second kappa shape index (κ2) is 7.45. The molecule has 1 aromatic carbocycles. The van der Waals surface area contributed by atoms with Crippen molar-refractivity contribution in [2.24, 2.45) is 5.92 Å². The van der Waals surface area contributed by atoms with Crippen LogP contribution in [-0.4, -0.2) is 28.9 Å². The zero-order valence-electron chi connectivity index (χ0n) is 14.0. The Kier molecular flexibility index (Phi) is 5.11. The molecule has 1 saturated heterocycles. The molecular weight excluding hydrogens is 300 g/mol. The van der Waals surface area contributed by atoms with Crippen molar-refractivity contribution in [2.45, 2.75) is 26.3 Å². The Hall–Kier alpha value is -2.40. The van der Waals surface area contributed by atoms with Crippen LogP contribution in [0.1, 0.15) is 24.0 Å². The van der Waals surface area contributed by atoms with Crippen molar-refractivity contribution >= 4 is 17.4 Å². The average molecular weight is 324 g/mol. The van der Waals surface area contributed by atoms with Crippen molar-refractivity contribution in [3.8, 4) is 0 Å². The Morgan fingerprint density at radius 2 is 2.08 bits per heavy atom. The van der Waals surface area contributed by atoms with E-state index in [2.05, 4.69) is 21.3 Å². The molecule has 24 heavy (non-hydrogen) atoms. The molecule has 1 amide bonds. The van der Waals surface area contributed by atoms with E-state index in [-0.39, 0.29) is 11.8 Å². The predicted octanol–water partition coefficient (Wildman–Crippen LogP) is 2.82. The third-order valence-electron chi connectivity index (χ3n) is 4.48. The monoisotopic (exact) mass is 324 g/mol. The number of carbonyl (C=O) groups excluding carboxylic acids is 1. The summed E-state index contributed by atoms with van der Waals surface area (Å²) in [5, 5.41) is 2.93. The molecule has 3 N–H and O–H groups in total. The number of pyridine rings is 1. The SMILES string of the molecule is Cc1ccc(NC(=O)C2CCN(Cc3cccc(N)c3)CC2)nc1. The van der Waals surface area contributed by atoms with Crippen LogP contribution >= 0.6 is 0 Å². The first-order chi connectivity index (χ1) is 11.6. The molecule has 2 heterocycles. The average Bonchev–Trinajstić information content (AvgIpc) is 2.57. The second-order valence-electron chi connectivity index (χ2n) is 6.51. The van der Waals surface area contributed by atoms with E-state index in [9.17, 15) is 4.79 Å². The number of aromatic nitrogens is 1. The van der Waals surface area contributed by atoms with Gasteiger partial charge in [-0.1, -0.05) is 18.2 Å².